The fraction of sp³-hybridized carbons (Fsp3) is 0.320. The van der Waals surface area contributed by atoms with Crippen molar-refractivity contribution >= 4 is 30.2 Å². The first-order chi connectivity index (χ1) is 17.5. The predicted octanol–water partition coefficient (Wildman–Crippen LogP) is 3.17. The molecule has 0 radical (unpaired) electrons. The lowest BCUT2D eigenvalue weighted by Crippen LogP contribution is -2.48. The molecule has 0 heterocycles. The van der Waals surface area contributed by atoms with Crippen LogP contribution in [0.3, 0.4) is 0 Å². The number of rotatable bonds is 8. The van der Waals surface area contributed by atoms with Gasteiger partial charge in [0.15, 0.2) is 0 Å². The summed E-state index contributed by atoms with van der Waals surface area (Å²) in [6.07, 6.45) is -2.89. The topological polar surface area (TPSA) is 165 Å². The number of alkyl carbamates (subject to hydrolysis) is 3. The number of carboxylic acid groups (broad SMARTS) is 1. The van der Waals surface area contributed by atoms with Gasteiger partial charge in [-0.25, -0.2) is 24.2 Å². The average Bonchev–Trinajstić information content (AvgIpc) is 2.84. The number of hydrogen-bond acceptors (Lipinski definition) is 8. The molecule has 0 fully saturated rings. The number of nitrogens with one attached hydrogen (secondary N) is 3. The third-order valence-electron chi connectivity index (χ3n) is 4.29. The molecule has 0 aliphatic heterocycles. The smallest absolute Gasteiger partial charge is 0.414 e. The number of carbonyl (C=O) groups is 4. The Hall–Kier alpha value is -4.61. The highest BCUT2D eigenvalue weighted by Gasteiger charge is 2.24. The van der Waals surface area contributed by atoms with Gasteiger partial charge in [-0.2, -0.15) is 0 Å². The Labute approximate surface area is 214 Å². The number of hydrogen-bond donors (Lipinski definition) is 4. The summed E-state index contributed by atoms with van der Waals surface area (Å²) in [6.45, 7) is 4.19. The molecular weight excluding hydrogens is 484 g/mol. The van der Waals surface area contributed by atoms with Crippen LogP contribution in [0.4, 0.5) is 14.4 Å². The molecule has 0 aliphatic carbocycles. The molecule has 3 amide bonds. The summed E-state index contributed by atoms with van der Waals surface area (Å²) in [4.78, 5) is 52.1. The normalized spacial score (nSPS) is 11.3. The van der Waals surface area contributed by atoms with Crippen molar-refractivity contribution in [3.63, 3.8) is 0 Å². The SMILES string of the molecule is CC(C)(C)OC(=O)NC(CN=C(NC(=O)OCc1ccccc1)NC(=O)OCc1ccccc1)C(=O)O. The van der Waals surface area contributed by atoms with E-state index in [1.807, 2.05) is 12.1 Å². The second-order valence-electron chi connectivity index (χ2n) is 8.60. The van der Waals surface area contributed by atoms with Gasteiger partial charge in [-0.3, -0.25) is 10.6 Å². The first-order valence-corrected chi connectivity index (χ1v) is 11.2. The van der Waals surface area contributed by atoms with Crippen LogP contribution in [0.5, 0.6) is 0 Å². The number of guanidine groups is 1. The highest BCUT2D eigenvalue weighted by molar-refractivity contribution is 6.01. The first kappa shape index (κ1) is 28.6. The Morgan fingerprint density at radius 3 is 1.68 bits per heavy atom. The molecule has 1 atom stereocenters. The lowest BCUT2D eigenvalue weighted by atomic mass is 10.2. The van der Waals surface area contributed by atoms with Crippen LogP contribution in [-0.2, 0) is 32.2 Å². The fourth-order valence-electron chi connectivity index (χ4n) is 2.64. The van der Waals surface area contributed by atoms with Crippen LogP contribution < -0.4 is 16.0 Å². The molecule has 2 rings (SSSR count). The summed E-state index contributed by atoms with van der Waals surface area (Å²) in [7, 11) is 0. The quantitative estimate of drug-likeness (QED) is 0.237. The number of carbonyl (C=O) groups excluding carboxylic acids is 3. The zero-order chi connectivity index (χ0) is 27.3. The summed E-state index contributed by atoms with van der Waals surface area (Å²) in [5, 5.41) is 16.1. The van der Waals surface area contributed by atoms with Gasteiger partial charge in [0.2, 0.25) is 5.96 Å². The number of ether oxygens (including phenoxy) is 3. The van der Waals surface area contributed by atoms with E-state index in [4.69, 9.17) is 14.2 Å². The van der Waals surface area contributed by atoms with E-state index in [0.29, 0.717) is 0 Å². The molecule has 1 unspecified atom stereocenters. The molecule has 37 heavy (non-hydrogen) atoms. The van der Waals surface area contributed by atoms with Gasteiger partial charge in [0.05, 0.1) is 6.54 Å². The van der Waals surface area contributed by atoms with E-state index < -0.39 is 48.4 Å². The van der Waals surface area contributed by atoms with Crippen molar-refractivity contribution in [3.8, 4) is 0 Å². The number of aliphatic carboxylic acids is 1. The van der Waals surface area contributed by atoms with Gasteiger partial charge >= 0.3 is 24.2 Å². The molecule has 0 aliphatic rings. The van der Waals surface area contributed by atoms with Crippen LogP contribution in [0.1, 0.15) is 31.9 Å². The summed E-state index contributed by atoms with van der Waals surface area (Å²) in [5.41, 5.74) is 0.591. The monoisotopic (exact) mass is 514 g/mol. The summed E-state index contributed by atoms with van der Waals surface area (Å²) in [5.74, 6) is -1.85. The highest BCUT2D eigenvalue weighted by Crippen LogP contribution is 2.07. The molecule has 0 bridgehead atoms. The highest BCUT2D eigenvalue weighted by atomic mass is 16.6. The Morgan fingerprint density at radius 2 is 1.27 bits per heavy atom. The van der Waals surface area contributed by atoms with E-state index in [0.717, 1.165) is 11.1 Å². The number of aliphatic imine (C=N–C) groups is 1. The molecule has 0 aromatic heterocycles. The Morgan fingerprint density at radius 1 is 0.811 bits per heavy atom. The van der Waals surface area contributed by atoms with Crippen LogP contribution in [-0.4, -0.2) is 53.5 Å². The van der Waals surface area contributed by atoms with Gasteiger partial charge in [-0.1, -0.05) is 60.7 Å². The van der Waals surface area contributed by atoms with E-state index in [9.17, 15) is 24.3 Å². The maximum absolute atomic E-state index is 12.3. The second-order valence-corrected chi connectivity index (χ2v) is 8.60. The molecule has 12 nitrogen and oxygen atoms in total. The Balaban J connectivity index is 2.06. The van der Waals surface area contributed by atoms with Crippen LogP contribution >= 0.6 is 0 Å². The van der Waals surface area contributed by atoms with Crippen LogP contribution in [0.25, 0.3) is 0 Å². The maximum atomic E-state index is 12.3. The van der Waals surface area contributed by atoms with Crippen molar-refractivity contribution in [2.24, 2.45) is 4.99 Å². The van der Waals surface area contributed by atoms with E-state index in [1.54, 1.807) is 69.3 Å². The number of amides is 3. The van der Waals surface area contributed by atoms with Crippen molar-refractivity contribution in [2.45, 2.75) is 45.6 Å². The summed E-state index contributed by atoms with van der Waals surface area (Å²) >= 11 is 0. The van der Waals surface area contributed by atoms with Gasteiger partial charge in [0, 0.05) is 0 Å². The van der Waals surface area contributed by atoms with E-state index in [-0.39, 0.29) is 13.2 Å². The Kier molecular flexibility index (Phi) is 10.9. The van der Waals surface area contributed by atoms with Gasteiger partial charge in [-0.05, 0) is 31.9 Å². The number of benzene rings is 2. The predicted molar refractivity (Wildman–Crippen MR) is 133 cm³/mol. The minimum Gasteiger partial charge on any atom is -0.480 e. The molecule has 198 valence electrons. The third-order valence-corrected chi connectivity index (χ3v) is 4.29. The fourth-order valence-corrected chi connectivity index (χ4v) is 2.64. The second kappa shape index (κ2) is 14.1. The first-order valence-electron chi connectivity index (χ1n) is 11.2. The number of carboxylic acids is 1. The molecule has 2 aromatic carbocycles. The van der Waals surface area contributed by atoms with Crippen molar-refractivity contribution in [2.75, 3.05) is 6.54 Å². The van der Waals surface area contributed by atoms with Crippen molar-refractivity contribution in [1.82, 2.24) is 16.0 Å². The van der Waals surface area contributed by atoms with E-state index >= 15 is 0 Å². The molecule has 2 aromatic rings. The molecule has 4 N–H and O–H groups in total. The van der Waals surface area contributed by atoms with Crippen molar-refractivity contribution < 1.29 is 38.5 Å². The minimum atomic E-state index is -1.52. The van der Waals surface area contributed by atoms with Gasteiger partial charge < -0.3 is 24.6 Å². The van der Waals surface area contributed by atoms with Crippen molar-refractivity contribution in [1.29, 1.82) is 0 Å². The van der Waals surface area contributed by atoms with Crippen LogP contribution in [0, 0.1) is 0 Å². The average molecular weight is 515 g/mol. The standard InChI is InChI=1S/C25H30N4O8/c1-25(2,3)37-24(34)27-19(20(30)31)14-26-21(28-22(32)35-15-17-10-6-4-7-11-17)29-23(33)36-16-18-12-8-5-9-13-18/h4-13,19H,14-16H2,1-3H3,(H,27,34)(H,30,31)(H2,26,28,29,32,33). The maximum Gasteiger partial charge on any atom is 0.414 e. The van der Waals surface area contributed by atoms with Gasteiger partial charge in [0.1, 0.15) is 24.9 Å². The number of nitrogens with zero attached hydrogens (tertiary/aromatic N) is 1. The molecular formula is C25H30N4O8. The van der Waals surface area contributed by atoms with Crippen LogP contribution in [0.15, 0.2) is 65.7 Å². The minimum absolute atomic E-state index is 0.0592. The van der Waals surface area contributed by atoms with E-state index in [2.05, 4.69) is 20.9 Å². The lowest BCUT2D eigenvalue weighted by molar-refractivity contribution is -0.139. The molecule has 0 saturated heterocycles. The zero-order valence-electron chi connectivity index (χ0n) is 20.7. The van der Waals surface area contributed by atoms with E-state index in [1.165, 1.54) is 0 Å². The van der Waals surface area contributed by atoms with Gasteiger partial charge in [-0.15, -0.1) is 0 Å². The molecule has 0 spiro atoms. The molecule has 12 heteroatoms. The van der Waals surface area contributed by atoms with Crippen molar-refractivity contribution in [3.05, 3.63) is 71.8 Å². The zero-order valence-corrected chi connectivity index (χ0v) is 20.7. The Bertz CT molecular complexity index is 1030. The third kappa shape index (κ3) is 12.1. The molecule has 0 saturated carbocycles. The van der Waals surface area contributed by atoms with Crippen LogP contribution in [0.2, 0.25) is 0 Å². The lowest BCUT2D eigenvalue weighted by Gasteiger charge is -2.21. The largest absolute Gasteiger partial charge is 0.480 e. The summed E-state index contributed by atoms with van der Waals surface area (Å²) < 4.78 is 15.3. The van der Waals surface area contributed by atoms with Gasteiger partial charge in [0.25, 0.3) is 0 Å². The summed E-state index contributed by atoms with van der Waals surface area (Å²) in [6, 6.07) is 16.2.